The van der Waals surface area contributed by atoms with Crippen LogP contribution in [0, 0.1) is 10.1 Å². The fourth-order valence-corrected chi connectivity index (χ4v) is 2.05. The fraction of sp³-hybridized carbons (Fsp3) is 0.308. The van der Waals surface area contributed by atoms with Gasteiger partial charge < -0.3 is 10.6 Å². The van der Waals surface area contributed by atoms with Gasteiger partial charge >= 0.3 is 11.1 Å². The van der Waals surface area contributed by atoms with Crippen molar-refractivity contribution in [1.29, 1.82) is 0 Å². The van der Waals surface area contributed by atoms with Crippen molar-refractivity contribution < 1.29 is 19.2 Å². The molecule has 0 aliphatic heterocycles. The molecule has 10 heteroatoms. The van der Waals surface area contributed by atoms with Crippen LogP contribution in [0.4, 0.5) is 9.80 Å². The van der Waals surface area contributed by atoms with Crippen molar-refractivity contribution in [2.45, 2.75) is 26.4 Å². The molecule has 1 aromatic heterocycles. The predicted molar refractivity (Wildman–Crippen MR) is 86.0 cm³/mol. The molecule has 0 aliphatic carbocycles. The first-order valence-electron chi connectivity index (χ1n) is 6.37. The van der Waals surface area contributed by atoms with E-state index in [0.29, 0.717) is 4.88 Å². The van der Waals surface area contributed by atoms with Gasteiger partial charge in [0.1, 0.15) is 5.60 Å². The normalized spacial score (nSPS) is 12.2. The molecule has 3 N–H and O–H groups in total. The van der Waals surface area contributed by atoms with Gasteiger partial charge in [-0.05, 0) is 39.0 Å². The lowest BCUT2D eigenvalue weighted by Gasteiger charge is -2.19. The van der Waals surface area contributed by atoms with Crippen LogP contribution in [0.2, 0.25) is 0 Å². The van der Waals surface area contributed by atoms with E-state index in [2.05, 4.69) is 10.4 Å². The number of hydrogen-bond donors (Lipinski definition) is 2. The Morgan fingerprint density at radius 1 is 1.43 bits per heavy atom. The summed E-state index contributed by atoms with van der Waals surface area (Å²) in [5.74, 6) is 4.00. The summed E-state index contributed by atoms with van der Waals surface area (Å²) in [5.41, 5.74) is -0.738. The zero-order chi connectivity index (χ0) is 17.6. The minimum absolute atomic E-state index is 0.0447. The Bertz CT molecular complexity index is 672. The van der Waals surface area contributed by atoms with Crippen LogP contribution < -0.4 is 11.2 Å². The largest absolute Gasteiger partial charge is 0.444 e. The van der Waals surface area contributed by atoms with Crippen molar-refractivity contribution in [2.24, 2.45) is 10.9 Å². The summed E-state index contributed by atoms with van der Waals surface area (Å²) in [5, 5.41) is 15.9. The number of alkyl carbamates (subject to hydrolysis) is 1. The van der Waals surface area contributed by atoms with E-state index in [4.69, 9.17) is 10.6 Å². The minimum atomic E-state index is -0.866. The number of nitro groups is 1. The number of ketones is 1. The number of carbonyl (C=O) groups is 2. The van der Waals surface area contributed by atoms with E-state index in [0.717, 1.165) is 17.4 Å². The van der Waals surface area contributed by atoms with Gasteiger partial charge in [0, 0.05) is 10.9 Å². The third-order valence-electron chi connectivity index (χ3n) is 2.17. The molecule has 0 radical (unpaired) electrons. The van der Waals surface area contributed by atoms with Gasteiger partial charge in [0.15, 0.2) is 0 Å². The number of amides is 1. The van der Waals surface area contributed by atoms with Crippen LogP contribution in [0.15, 0.2) is 23.3 Å². The number of ether oxygens (including phenoxy) is 1. The summed E-state index contributed by atoms with van der Waals surface area (Å²) in [6.07, 6.45) is 1.59. The van der Waals surface area contributed by atoms with Crippen molar-refractivity contribution in [3.63, 3.8) is 0 Å². The number of nitrogens with two attached hydrogens (primary N) is 1. The number of hydrogen-bond acceptors (Lipinski definition) is 8. The SMILES string of the molecule is CC(C)(C)OC(=O)NC(=NN)C(=O)C=Cc1ccc([N+](=O)[O-])s1. The van der Waals surface area contributed by atoms with Gasteiger partial charge in [-0.25, -0.2) is 4.79 Å². The molecule has 0 aromatic carbocycles. The first-order valence-corrected chi connectivity index (χ1v) is 7.18. The van der Waals surface area contributed by atoms with Gasteiger partial charge in [-0.3, -0.25) is 20.2 Å². The van der Waals surface area contributed by atoms with E-state index in [-0.39, 0.29) is 5.00 Å². The van der Waals surface area contributed by atoms with Crippen LogP contribution in [-0.4, -0.2) is 28.2 Å². The molecule has 0 spiro atoms. The second kappa shape index (κ2) is 7.49. The number of hydrazone groups is 1. The maximum atomic E-state index is 11.9. The Morgan fingerprint density at radius 2 is 2.09 bits per heavy atom. The summed E-state index contributed by atoms with van der Waals surface area (Å²) < 4.78 is 4.98. The highest BCUT2D eigenvalue weighted by molar-refractivity contribution is 7.16. The third kappa shape index (κ3) is 6.26. The fourth-order valence-electron chi connectivity index (χ4n) is 1.32. The van der Waals surface area contributed by atoms with E-state index in [1.807, 2.05) is 0 Å². The highest BCUT2D eigenvalue weighted by Crippen LogP contribution is 2.24. The quantitative estimate of drug-likeness (QED) is 0.215. The molecule has 0 unspecified atom stereocenters. The number of rotatable bonds is 4. The summed E-state index contributed by atoms with van der Waals surface area (Å²) >= 11 is 0.903. The second-order valence-electron chi connectivity index (χ2n) is 5.24. The van der Waals surface area contributed by atoms with Crippen LogP contribution in [0.1, 0.15) is 25.6 Å². The Labute approximate surface area is 136 Å². The standard InChI is InChI=1S/C13H16N4O5S/c1-13(2,3)22-12(19)15-11(16-14)9(18)6-4-8-5-7-10(23-8)17(20)21/h4-7H,14H2,1-3H3,(H,15,16,19). The molecule has 124 valence electrons. The van der Waals surface area contributed by atoms with Gasteiger partial charge in [-0.2, -0.15) is 5.10 Å². The van der Waals surface area contributed by atoms with Gasteiger partial charge in [-0.1, -0.05) is 11.3 Å². The lowest BCUT2D eigenvalue weighted by molar-refractivity contribution is -0.380. The average Bonchev–Trinajstić information content (AvgIpc) is 2.89. The van der Waals surface area contributed by atoms with Crippen molar-refractivity contribution in [3.05, 3.63) is 33.2 Å². The molecule has 0 bridgehead atoms. The molecule has 0 atom stereocenters. The topological polar surface area (TPSA) is 137 Å². The molecule has 0 fully saturated rings. The maximum Gasteiger partial charge on any atom is 0.413 e. The molecule has 23 heavy (non-hydrogen) atoms. The summed E-state index contributed by atoms with van der Waals surface area (Å²) in [7, 11) is 0. The molecule has 1 rings (SSSR count). The zero-order valence-electron chi connectivity index (χ0n) is 12.7. The minimum Gasteiger partial charge on any atom is -0.444 e. The number of thiophene rings is 1. The Hall–Kier alpha value is -2.75. The number of amidine groups is 1. The molecule has 1 aromatic rings. The van der Waals surface area contributed by atoms with E-state index in [1.165, 1.54) is 18.2 Å². The van der Waals surface area contributed by atoms with Crippen molar-refractivity contribution in [3.8, 4) is 0 Å². The van der Waals surface area contributed by atoms with Crippen LogP contribution >= 0.6 is 11.3 Å². The maximum absolute atomic E-state index is 11.9. The van der Waals surface area contributed by atoms with Gasteiger partial charge in [0.2, 0.25) is 11.6 Å². The van der Waals surface area contributed by atoms with Crippen LogP contribution in [0.25, 0.3) is 6.08 Å². The molecule has 0 saturated carbocycles. The first-order chi connectivity index (χ1) is 10.6. The monoisotopic (exact) mass is 340 g/mol. The highest BCUT2D eigenvalue weighted by Gasteiger charge is 2.19. The van der Waals surface area contributed by atoms with Crippen LogP contribution in [-0.2, 0) is 9.53 Å². The van der Waals surface area contributed by atoms with Crippen molar-refractivity contribution >= 4 is 40.1 Å². The third-order valence-corrected chi connectivity index (χ3v) is 3.18. The van der Waals surface area contributed by atoms with Gasteiger partial charge in [0.05, 0.1) is 4.92 Å². The van der Waals surface area contributed by atoms with Gasteiger partial charge in [-0.15, -0.1) is 0 Å². The molecular weight excluding hydrogens is 324 g/mol. The second-order valence-corrected chi connectivity index (χ2v) is 6.33. The van der Waals surface area contributed by atoms with E-state index in [1.54, 1.807) is 20.8 Å². The lowest BCUT2D eigenvalue weighted by atomic mass is 10.2. The molecule has 0 saturated heterocycles. The summed E-state index contributed by atoms with van der Waals surface area (Å²) in [6, 6.07) is 2.82. The summed E-state index contributed by atoms with van der Waals surface area (Å²) in [6.45, 7) is 4.99. The predicted octanol–water partition coefficient (Wildman–Crippen LogP) is 2.04. The van der Waals surface area contributed by atoms with Crippen molar-refractivity contribution in [1.82, 2.24) is 5.32 Å². The van der Waals surface area contributed by atoms with Crippen molar-refractivity contribution in [2.75, 3.05) is 0 Å². The molecular formula is C13H16N4O5S. The zero-order valence-corrected chi connectivity index (χ0v) is 13.5. The van der Waals surface area contributed by atoms with Gasteiger partial charge in [0.25, 0.3) is 0 Å². The number of carbonyl (C=O) groups excluding carboxylic acids is 2. The lowest BCUT2D eigenvalue weighted by Crippen LogP contribution is -2.40. The molecule has 9 nitrogen and oxygen atoms in total. The average molecular weight is 340 g/mol. The Kier molecular flexibility index (Phi) is 5.96. The van der Waals surface area contributed by atoms with E-state index in [9.17, 15) is 19.7 Å². The molecule has 0 aliphatic rings. The molecule has 1 amide bonds. The van der Waals surface area contributed by atoms with E-state index >= 15 is 0 Å². The number of nitrogens with zero attached hydrogens (tertiary/aromatic N) is 2. The summed E-state index contributed by atoms with van der Waals surface area (Å²) in [4.78, 5) is 34.0. The van der Waals surface area contributed by atoms with Crippen LogP contribution in [0.5, 0.6) is 0 Å². The highest BCUT2D eigenvalue weighted by atomic mass is 32.1. The first kappa shape index (κ1) is 18.3. The number of nitrogens with one attached hydrogen (secondary N) is 1. The molecule has 1 heterocycles. The Balaban J connectivity index is 2.71. The smallest absolute Gasteiger partial charge is 0.413 e. The van der Waals surface area contributed by atoms with E-state index < -0.39 is 28.2 Å². The van der Waals surface area contributed by atoms with Crippen LogP contribution in [0.3, 0.4) is 0 Å². The Morgan fingerprint density at radius 3 is 2.57 bits per heavy atom.